The molecule has 2 rings (SSSR count). The minimum Gasteiger partial charge on any atom is -0.384 e. The molecule has 2 aromatic carbocycles. The molecule has 1 nitrogen and oxygen atoms in total. The van der Waals surface area contributed by atoms with E-state index < -0.39 is 6.10 Å². The fourth-order valence-electron chi connectivity index (χ4n) is 1.95. The van der Waals surface area contributed by atoms with E-state index in [4.69, 9.17) is 11.6 Å². The van der Waals surface area contributed by atoms with E-state index in [0.29, 0.717) is 16.1 Å². The van der Waals surface area contributed by atoms with Gasteiger partial charge in [-0.2, -0.15) is 0 Å². The Morgan fingerprint density at radius 2 is 1.78 bits per heavy atom. The Morgan fingerprint density at radius 3 is 2.39 bits per heavy atom. The Kier molecular flexibility index (Phi) is 3.69. The summed E-state index contributed by atoms with van der Waals surface area (Å²) in [5.41, 5.74) is 2.94. The number of aryl methyl sites for hydroxylation is 2. The van der Waals surface area contributed by atoms with Crippen LogP contribution in [0.4, 0.5) is 4.39 Å². The molecule has 0 aliphatic carbocycles. The Balaban J connectivity index is 2.40. The average molecular weight is 265 g/mol. The summed E-state index contributed by atoms with van der Waals surface area (Å²) in [6.07, 6.45) is -0.838. The lowest BCUT2D eigenvalue weighted by Gasteiger charge is -2.13. The quantitative estimate of drug-likeness (QED) is 0.863. The van der Waals surface area contributed by atoms with Gasteiger partial charge in [0.15, 0.2) is 0 Å². The SMILES string of the molecule is Cc1cc(F)cc(C(O)c2ccc(Cl)c(C)c2)c1. The van der Waals surface area contributed by atoms with E-state index in [1.54, 1.807) is 25.1 Å². The number of aliphatic hydroxyl groups is 1. The van der Waals surface area contributed by atoms with Crippen LogP contribution in [0.5, 0.6) is 0 Å². The molecule has 0 heterocycles. The third kappa shape index (κ3) is 2.71. The normalized spacial score (nSPS) is 12.5. The minimum atomic E-state index is -0.838. The van der Waals surface area contributed by atoms with Crippen molar-refractivity contribution >= 4 is 11.6 Å². The van der Waals surface area contributed by atoms with Crippen LogP contribution < -0.4 is 0 Å². The summed E-state index contributed by atoms with van der Waals surface area (Å²) in [6, 6.07) is 9.86. The molecular weight excluding hydrogens is 251 g/mol. The first kappa shape index (κ1) is 13.1. The van der Waals surface area contributed by atoms with Crippen molar-refractivity contribution in [3.05, 3.63) is 69.5 Å². The van der Waals surface area contributed by atoms with Gasteiger partial charge in [0.05, 0.1) is 0 Å². The summed E-state index contributed by atoms with van der Waals surface area (Å²) in [4.78, 5) is 0. The topological polar surface area (TPSA) is 20.2 Å². The largest absolute Gasteiger partial charge is 0.384 e. The zero-order valence-electron chi connectivity index (χ0n) is 10.2. The molecule has 2 aromatic rings. The van der Waals surface area contributed by atoms with Gasteiger partial charge in [-0.25, -0.2) is 4.39 Å². The number of hydrogen-bond acceptors (Lipinski definition) is 1. The van der Waals surface area contributed by atoms with Crippen molar-refractivity contribution in [3.8, 4) is 0 Å². The summed E-state index contributed by atoms with van der Waals surface area (Å²) in [6.45, 7) is 3.67. The van der Waals surface area contributed by atoms with Crippen molar-refractivity contribution in [3.63, 3.8) is 0 Å². The molecule has 0 saturated heterocycles. The van der Waals surface area contributed by atoms with Gasteiger partial charge in [-0.3, -0.25) is 0 Å². The summed E-state index contributed by atoms with van der Waals surface area (Å²) >= 11 is 5.94. The molecule has 1 atom stereocenters. The molecule has 18 heavy (non-hydrogen) atoms. The third-order valence-corrected chi connectivity index (χ3v) is 3.30. The second-order valence-electron chi connectivity index (χ2n) is 4.47. The molecule has 0 amide bonds. The number of hydrogen-bond donors (Lipinski definition) is 1. The maximum Gasteiger partial charge on any atom is 0.123 e. The highest BCUT2D eigenvalue weighted by molar-refractivity contribution is 6.31. The van der Waals surface area contributed by atoms with Crippen LogP contribution in [0.3, 0.4) is 0 Å². The number of aliphatic hydroxyl groups excluding tert-OH is 1. The van der Waals surface area contributed by atoms with Crippen molar-refractivity contribution < 1.29 is 9.50 Å². The molecule has 0 aliphatic rings. The van der Waals surface area contributed by atoms with Gasteiger partial charge in [0.2, 0.25) is 0 Å². The van der Waals surface area contributed by atoms with Crippen LogP contribution in [-0.4, -0.2) is 5.11 Å². The van der Waals surface area contributed by atoms with Gasteiger partial charge in [0.1, 0.15) is 11.9 Å². The molecule has 3 heteroatoms. The molecule has 0 fully saturated rings. The average Bonchev–Trinajstić information content (AvgIpc) is 2.30. The second kappa shape index (κ2) is 5.09. The molecule has 0 radical (unpaired) electrons. The fraction of sp³-hybridized carbons (Fsp3) is 0.200. The summed E-state index contributed by atoms with van der Waals surface area (Å²) in [5, 5.41) is 10.9. The summed E-state index contributed by atoms with van der Waals surface area (Å²) < 4.78 is 13.3. The monoisotopic (exact) mass is 264 g/mol. The van der Waals surface area contributed by atoms with Crippen molar-refractivity contribution in [2.45, 2.75) is 20.0 Å². The molecule has 1 unspecified atom stereocenters. The smallest absolute Gasteiger partial charge is 0.123 e. The lowest BCUT2D eigenvalue weighted by Crippen LogP contribution is -2.01. The molecule has 0 aliphatic heterocycles. The molecule has 94 valence electrons. The lowest BCUT2D eigenvalue weighted by atomic mass is 9.98. The van der Waals surface area contributed by atoms with Crippen LogP contribution in [0.2, 0.25) is 5.02 Å². The zero-order chi connectivity index (χ0) is 13.3. The van der Waals surface area contributed by atoms with Gasteiger partial charge in [-0.15, -0.1) is 0 Å². The van der Waals surface area contributed by atoms with E-state index in [1.165, 1.54) is 12.1 Å². The number of halogens is 2. The highest BCUT2D eigenvalue weighted by Gasteiger charge is 2.12. The molecule has 0 bridgehead atoms. The Hall–Kier alpha value is -1.38. The van der Waals surface area contributed by atoms with Crippen LogP contribution in [0.25, 0.3) is 0 Å². The van der Waals surface area contributed by atoms with E-state index in [0.717, 1.165) is 11.1 Å². The molecule has 0 spiro atoms. The van der Waals surface area contributed by atoms with E-state index in [9.17, 15) is 9.50 Å². The van der Waals surface area contributed by atoms with Gasteiger partial charge in [-0.1, -0.05) is 29.8 Å². The second-order valence-corrected chi connectivity index (χ2v) is 4.88. The molecular formula is C15H14ClFO. The van der Waals surface area contributed by atoms with Crippen molar-refractivity contribution in [2.75, 3.05) is 0 Å². The van der Waals surface area contributed by atoms with Crippen LogP contribution in [0, 0.1) is 19.7 Å². The number of benzene rings is 2. The van der Waals surface area contributed by atoms with Gasteiger partial charge >= 0.3 is 0 Å². The Bertz CT molecular complexity index is 560. The van der Waals surface area contributed by atoms with Crippen LogP contribution in [0.1, 0.15) is 28.4 Å². The first-order valence-electron chi connectivity index (χ1n) is 5.68. The Labute approximate surface area is 111 Å². The van der Waals surface area contributed by atoms with E-state index >= 15 is 0 Å². The zero-order valence-corrected chi connectivity index (χ0v) is 11.0. The van der Waals surface area contributed by atoms with Crippen molar-refractivity contribution in [2.24, 2.45) is 0 Å². The van der Waals surface area contributed by atoms with Crippen LogP contribution in [-0.2, 0) is 0 Å². The van der Waals surface area contributed by atoms with Gasteiger partial charge < -0.3 is 5.11 Å². The first-order valence-corrected chi connectivity index (χ1v) is 6.06. The highest BCUT2D eigenvalue weighted by Crippen LogP contribution is 2.26. The van der Waals surface area contributed by atoms with E-state index in [-0.39, 0.29) is 5.82 Å². The fourth-order valence-corrected chi connectivity index (χ4v) is 2.07. The van der Waals surface area contributed by atoms with Crippen LogP contribution in [0.15, 0.2) is 36.4 Å². The van der Waals surface area contributed by atoms with E-state index in [1.807, 2.05) is 13.0 Å². The minimum absolute atomic E-state index is 0.338. The maximum absolute atomic E-state index is 13.3. The molecule has 0 saturated carbocycles. The van der Waals surface area contributed by atoms with Gasteiger partial charge in [-0.05, 0) is 54.3 Å². The van der Waals surface area contributed by atoms with Gasteiger partial charge in [0, 0.05) is 5.02 Å². The predicted octanol–water partition coefficient (Wildman–Crippen LogP) is 4.18. The number of rotatable bonds is 2. The van der Waals surface area contributed by atoms with E-state index in [2.05, 4.69) is 0 Å². The lowest BCUT2D eigenvalue weighted by molar-refractivity contribution is 0.219. The predicted molar refractivity (Wildman–Crippen MR) is 71.4 cm³/mol. The van der Waals surface area contributed by atoms with Crippen molar-refractivity contribution in [1.29, 1.82) is 0 Å². The van der Waals surface area contributed by atoms with Crippen molar-refractivity contribution in [1.82, 2.24) is 0 Å². The third-order valence-electron chi connectivity index (χ3n) is 2.88. The summed E-state index contributed by atoms with van der Waals surface area (Å²) in [5.74, 6) is -0.338. The standard InChI is InChI=1S/C15H14ClFO/c1-9-5-12(8-13(17)6-9)15(18)11-3-4-14(16)10(2)7-11/h3-8,15,18H,1-2H3. The van der Waals surface area contributed by atoms with Gasteiger partial charge in [0.25, 0.3) is 0 Å². The maximum atomic E-state index is 13.3. The first-order chi connectivity index (χ1) is 8.47. The molecule has 0 aromatic heterocycles. The van der Waals surface area contributed by atoms with Crippen LogP contribution >= 0.6 is 11.6 Å². The summed E-state index contributed by atoms with van der Waals surface area (Å²) in [7, 11) is 0. The molecule has 1 N–H and O–H groups in total. The highest BCUT2D eigenvalue weighted by atomic mass is 35.5. The Morgan fingerprint density at radius 1 is 1.06 bits per heavy atom.